The summed E-state index contributed by atoms with van der Waals surface area (Å²) in [6, 6.07) is 3.73. The highest BCUT2D eigenvalue weighted by atomic mass is 16.5. The number of aryl methyl sites for hydroxylation is 3. The summed E-state index contributed by atoms with van der Waals surface area (Å²) in [5.41, 5.74) is 5.16. The highest BCUT2D eigenvalue weighted by molar-refractivity contribution is 5.96. The van der Waals surface area contributed by atoms with E-state index in [0.29, 0.717) is 52.8 Å². The summed E-state index contributed by atoms with van der Waals surface area (Å²) in [6.07, 6.45) is 7.22. The molecular formula is C32H39N7O4. The molecule has 0 fully saturated rings. The second-order valence-electron chi connectivity index (χ2n) is 12.0. The Morgan fingerprint density at radius 3 is 2.53 bits per heavy atom. The molecule has 1 aliphatic heterocycles. The number of nitrogens with one attached hydrogen (secondary N) is 1. The summed E-state index contributed by atoms with van der Waals surface area (Å²) < 4.78 is 11.0. The largest absolute Gasteiger partial charge is 0.461 e. The van der Waals surface area contributed by atoms with Crippen molar-refractivity contribution in [3.05, 3.63) is 80.7 Å². The number of imidazole rings is 1. The molecule has 0 saturated carbocycles. The lowest BCUT2D eigenvalue weighted by Gasteiger charge is -2.31. The molecular weight excluding hydrogens is 546 g/mol. The number of allylic oxidation sites excluding steroid dienone is 1. The van der Waals surface area contributed by atoms with Crippen LogP contribution in [0.2, 0.25) is 0 Å². The number of nitrogens with zero attached hydrogens (tertiary/aromatic N) is 6. The average Bonchev–Trinajstić information content (AvgIpc) is 3.55. The van der Waals surface area contributed by atoms with Crippen LogP contribution in [0.1, 0.15) is 60.8 Å². The van der Waals surface area contributed by atoms with Gasteiger partial charge in [0, 0.05) is 63.3 Å². The maximum Gasteiger partial charge on any atom is 0.302 e. The minimum absolute atomic E-state index is 0.135. The van der Waals surface area contributed by atoms with E-state index in [0.717, 1.165) is 18.7 Å². The Balaban J connectivity index is 1.58. The summed E-state index contributed by atoms with van der Waals surface area (Å²) in [7, 11) is 3.54. The quantitative estimate of drug-likeness (QED) is 0.242. The van der Waals surface area contributed by atoms with Crippen molar-refractivity contribution >= 4 is 35.7 Å². The van der Waals surface area contributed by atoms with Gasteiger partial charge < -0.3 is 23.8 Å². The van der Waals surface area contributed by atoms with Crippen LogP contribution in [-0.4, -0.2) is 55.3 Å². The number of fused-ring (bicyclic) bond motifs is 3. The molecule has 5 rings (SSSR count). The lowest BCUT2D eigenvalue weighted by molar-refractivity contribution is -0.139. The first-order chi connectivity index (χ1) is 20.3. The van der Waals surface area contributed by atoms with Gasteiger partial charge in [0.2, 0.25) is 0 Å². The van der Waals surface area contributed by atoms with Crippen molar-refractivity contribution in [2.24, 2.45) is 24.5 Å². The molecule has 1 aliphatic carbocycles. The van der Waals surface area contributed by atoms with Crippen LogP contribution in [0, 0.1) is 12.3 Å². The molecule has 0 aromatic carbocycles. The van der Waals surface area contributed by atoms with Crippen molar-refractivity contribution < 1.29 is 14.3 Å². The van der Waals surface area contributed by atoms with Crippen LogP contribution in [0.25, 0.3) is 5.57 Å². The van der Waals surface area contributed by atoms with Crippen LogP contribution >= 0.6 is 0 Å². The summed E-state index contributed by atoms with van der Waals surface area (Å²) in [5, 5.41) is 3.14. The van der Waals surface area contributed by atoms with E-state index in [1.54, 1.807) is 30.4 Å². The molecule has 0 bridgehead atoms. The van der Waals surface area contributed by atoms with Crippen LogP contribution in [0.15, 0.2) is 51.8 Å². The Morgan fingerprint density at radius 2 is 1.91 bits per heavy atom. The minimum atomic E-state index is -0.470. The Morgan fingerprint density at radius 1 is 1.16 bits per heavy atom. The maximum absolute atomic E-state index is 14.0. The van der Waals surface area contributed by atoms with Gasteiger partial charge in [0.05, 0.1) is 0 Å². The number of carbonyl (C=O) groups is 2. The summed E-state index contributed by atoms with van der Waals surface area (Å²) in [6.45, 7) is 14.2. The van der Waals surface area contributed by atoms with Crippen LogP contribution in [0.3, 0.4) is 0 Å². The average molecular weight is 586 g/mol. The highest BCUT2D eigenvalue weighted by Gasteiger charge is 2.37. The number of anilines is 2. The molecule has 43 heavy (non-hydrogen) atoms. The third-order valence-electron chi connectivity index (χ3n) is 8.20. The molecule has 0 saturated heterocycles. The first-order valence-corrected chi connectivity index (χ1v) is 14.3. The van der Waals surface area contributed by atoms with E-state index < -0.39 is 5.97 Å². The molecule has 4 heterocycles. The van der Waals surface area contributed by atoms with Gasteiger partial charge in [-0.2, -0.15) is 0 Å². The van der Waals surface area contributed by atoms with Gasteiger partial charge in [-0.25, -0.2) is 9.98 Å². The van der Waals surface area contributed by atoms with Gasteiger partial charge in [-0.3, -0.25) is 19.3 Å². The number of rotatable bonds is 8. The van der Waals surface area contributed by atoms with E-state index in [1.807, 2.05) is 37.6 Å². The Bertz CT molecular complexity index is 1750. The summed E-state index contributed by atoms with van der Waals surface area (Å²) in [5.74, 6) is 1.00. The maximum atomic E-state index is 14.0. The van der Waals surface area contributed by atoms with Crippen molar-refractivity contribution in [3.63, 3.8) is 0 Å². The third-order valence-corrected chi connectivity index (χ3v) is 8.20. The van der Waals surface area contributed by atoms with Gasteiger partial charge >= 0.3 is 5.97 Å². The molecule has 11 heteroatoms. The number of pyridine rings is 1. The Hall–Kier alpha value is -4.67. The fourth-order valence-corrected chi connectivity index (χ4v) is 6.11. The van der Waals surface area contributed by atoms with E-state index in [9.17, 15) is 14.4 Å². The number of esters is 1. The highest BCUT2D eigenvalue weighted by Crippen LogP contribution is 2.40. The molecule has 1 amide bonds. The number of amides is 1. The summed E-state index contributed by atoms with van der Waals surface area (Å²) >= 11 is 0. The zero-order chi connectivity index (χ0) is 31.2. The van der Waals surface area contributed by atoms with Gasteiger partial charge in [0.15, 0.2) is 0 Å². The first-order valence-electron chi connectivity index (χ1n) is 14.3. The molecule has 0 spiro atoms. The van der Waals surface area contributed by atoms with Crippen LogP contribution in [0.5, 0.6) is 0 Å². The van der Waals surface area contributed by atoms with E-state index in [4.69, 9.17) is 4.74 Å². The summed E-state index contributed by atoms with van der Waals surface area (Å²) in [4.78, 5) is 49.4. The van der Waals surface area contributed by atoms with E-state index in [-0.39, 0.29) is 23.5 Å². The topological polar surface area (TPSA) is 116 Å². The smallest absolute Gasteiger partial charge is 0.302 e. The number of carbonyl (C=O) groups excluding carboxylic acids is 2. The van der Waals surface area contributed by atoms with E-state index in [2.05, 4.69) is 40.4 Å². The van der Waals surface area contributed by atoms with Gasteiger partial charge in [-0.1, -0.05) is 19.9 Å². The molecule has 3 aromatic rings. The SMILES string of the molecule is C=N/C(=C(COC(C)=O)\C(=C/C)c1cc(Nc2cn(C)c(C)n2)c(=O)n(C)c1)N1CCn2c(cc3c2CC(C)(C)C3)C1=O. The minimum Gasteiger partial charge on any atom is -0.461 e. The lowest BCUT2D eigenvalue weighted by Crippen LogP contribution is -2.40. The molecule has 11 nitrogen and oxygen atoms in total. The van der Waals surface area contributed by atoms with Crippen molar-refractivity contribution in [3.8, 4) is 0 Å². The van der Waals surface area contributed by atoms with Gasteiger partial charge in [-0.15, -0.1) is 0 Å². The standard InChI is InChI=1S/C32H39N7O4/c1-9-23(22-12-25(30(41)37(8)16-22)35-28-17-36(7)19(2)34-28)24(18-43-20(3)40)29(33-6)39-11-10-38-26(31(39)42)13-21-14-32(4,5)15-27(21)38/h9,12-13,16-17,35H,6,10-11,14-15,18H2,1-5,7-8H3/b23-9-,29-24+. The van der Waals surface area contributed by atoms with Crippen molar-refractivity contribution in [1.82, 2.24) is 23.6 Å². The monoisotopic (exact) mass is 585 g/mol. The molecule has 1 N–H and O–H groups in total. The number of hydrogen-bond acceptors (Lipinski definition) is 7. The van der Waals surface area contributed by atoms with Crippen molar-refractivity contribution in [1.29, 1.82) is 0 Å². The Kier molecular flexibility index (Phi) is 7.76. The third kappa shape index (κ3) is 5.59. The molecule has 3 aromatic heterocycles. The van der Waals surface area contributed by atoms with Gasteiger partial charge in [0.1, 0.15) is 35.5 Å². The fraction of sp³-hybridized carbons (Fsp3) is 0.406. The van der Waals surface area contributed by atoms with Gasteiger partial charge in [0.25, 0.3) is 11.5 Å². The normalized spacial score (nSPS) is 16.5. The molecule has 0 unspecified atom stereocenters. The predicted molar refractivity (Wildman–Crippen MR) is 166 cm³/mol. The molecule has 2 aliphatic rings. The molecule has 0 atom stereocenters. The molecule has 0 radical (unpaired) electrons. The molecule has 226 valence electrons. The van der Waals surface area contributed by atoms with Crippen molar-refractivity contribution in [2.45, 2.75) is 54.0 Å². The number of aromatic nitrogens is 4. The van der Waals surface area contributed by atoms with Crippen LogP contribution < -0.4 is 10.9 Å². The Labute approximate surface area is 251 Å². The van der Waals surface area contributed by atoms with Crippen LogP contribution in [-0.2, 0) is 43.0 Å². The zero-order valence-electron chi connectivity index (χ0n) is 25.9. The fourth-order valence-electron chi connectivity index (χ4n) is 6.11. The van der Waals surface area contributed by atoms with E-state index in [1.165, 1.54) is 22.7 Å². The number of hydrogen-bond donors (Lipinski definition) is 1. The predicted octanol–water partition coefficient (Wildman–Crippen LogP) is 4.13. The van der Waals surface area contributed by atoms with E-state index >= 15 is 0 Å². The second kappa shape index (κ2) is 11.2. The van der Waals surface area contributed by atoms with Crippen LogP contribution in [0.4, 0.5) is 11.5 Å². The second-order valence-corrected chi connectivity index (χ2v) is 12.0. The lowest BCUT2D eigenvalue weighted by atomic mass is 9.90. The first kappa shape index (κ1) is 29.8. The number of ether oxygens (including phenoxy) is 1. The zero-order valence-corrected chi connectivity index (χ0v) is 25.9. The van der Waals surface area contributed by atoms with Gasteiger partial charge in [-0.05, 0) is 62.1 Å². The number of aliphatic imine (C=N–C) groups is 1. The van der Waals surface area contributed by atoms with Crippen molar-refractivity contribution in [2.75, 3.05) is 18.5 Å².